The molecule has 9 heteroatoms. The Morgan fingerprint density at radius 1 is 1.37 bits per heavy atom. The molecule has 2 aromatic heterocycles. The Bertz CT molecular complexity index is 690. The lowest BCUT2D eigenvalue weighted by atomic mass is 10.2. The van der Waals surface area contributed by atoms with Crippen LogP contribution in [-0.4, -0.2) is 21.0 Å². The molecule has 0 saturated heterocycles. The van der Waals surface area contributed by atoms with Crippen molar-refractivity contribution in [3.8, 4) is 10.6 Å². The van der Waals surface area contributed by atoms with Gasteiger partial charge in [-0.15, -0.1) is 11.3 Å². The zero-order chi connectivity index (χ0) is 14.2. The van der Waals surface area contributed by atoms with Crippen LogP contribution in [0.2, 0.25) is 0 Å². The molecule has 2 N–H and O–H groups in total. The first-order valence-electron chi connectivity index (χ1n) is 4.79. The minimum Gasteiger partial charge on any atom is -0.477 e. The highest BCUT2D eigenvalue weighted by molar-refractivity contribution is 7.15. The van der Waals surface area contributed by atoms with Crippen LogP contribution in [0.3, 0.4) is 0 Å². The van der Waals surface area contributed by atoms with Crippen molar-refractivity contribution in [1.29, 1.82) is 0 Å². The number of carbonyl (C=O) groups is 1. The van der Waals surface area contributed by atoms with E-state index in [0.29, 0.717) is 11.3 Å². The zero-order valence-electron chi connectivity index (χ0n) is 8.99. The van der Waals surface area contributed by atoms with Crippen LogP contribution in [-0.2, 0) is 6.18 Å². The number of nitrogens with one attached hydrogen (secondary N) is 1. The molecule has 0 radical (unpaired) electrons. The predicted octanol–water partition coefficient (Wildman–Crippen LogP) is 2.22. The summed E-state index contributed by atoms with van der Waals surface area (Å²) in [7, 11) is 0. The molecular weight excluding hydrogens is 285 g/mol. The van der Waals surface area contributed by atoms with Crippen LogP contribution >= 0.6 is 11.3 Å². The van der Waals surface area contributed by atoms with Gasteiger partial charge in [-0.3, -0.25) is 4.79 Å². The minimum atomic E-state index is -4.55. The highest BCUT2D eigenvalue weighted by Crippen LogP contribution is 2.35. The molecule has 2 aromatic rings. The number of aromatic carboxylic acids is 1. The standard InChI is InChI=1S/C10H5F3N2O3S/c11-10(12,13)9-14-3-6(19-9)5-2-1-4(8(17)18)7(16)15-5/h1-3H,(H,15,16)(H,17,18). The van der Waals surface area contributed by atoms with Gasteiger partial charge < -0.3 is 10.1 Å². The summed E-state index contributed by atoms with van der Waals surface area (Å²) in [6.45, 7) is 0. The number of hydrogen-bond donors (Lipinski definition) is 2. The highest BCUT2D eigenvalue weighted by Gasteiger charge is 2.34. The van der Waals surface area contributed by atoms with Gasteiger partial charge in [0.25, 0.3) is 5.56 Å². The van der Waals surface area contributed by atoms with Gasteiger partial charge in [0.1, 0.15) is 5.56 Å². The minimum absolute atomic E-state index is 0.0861. The van der Waals surface area contributed by atoms with Gasteiger partial charge in [-0.2, -0.15) is 13.2 Å². The molecule has 0 bridgehead atoms. The van der Waals surface area contributed by atoms with E-state index in [1.54, 1.807) is 0 Å². The van der Waals surface area contributed by atoms with Crippen LogP contribution in [0.25, 0.3) is 10.6 Å². The molecule has 2 rings (SSSR count). The third-order valence-electron chi connectivity index (χ3n) is 2.15. The Morgan fingerprint density at radius 3 is 2.53 bits per heavy atom. The zero-order valence-corrected chi connectivity index (χ0v) is 9.80. The van der Waals surface area contributed by atoms with Gasteiger partial charge in [-0.05, 0) is 12.1 Å². The number of rotatable bonds is 2. The molecule has 0 atom stereocenters. The first-order valence-corrected chi connectivity index (χ1v) is 5.60. The third kappa shape index (κ3) is 2.65. The molecule has 0 amide bonds. The summed E-state index contributed by atoms with van der Waals surface area (Å²) in [5.41, 5.74) is -1.28. The molecule has 2 heterocycles. The predicted molar refractivity (Wildman–Crippen MR) is 60.1 cm³/mol. The summed E-state index contributed by atoms with van der Waals surface area (Å²) in [6.07, 6.45) is -3.58. The van der Waals surface area contributed by atoms with Crippen molar-refractivity contribution in [3.05, 3.63) is 39.3 Å². The lowest BCUT2D eigenvalue weighted by Gasteiger charge is -2.00. The Hall–Kier alpha value is -2.16. The second kappa shape index (κ2) is 4.50. The number of thiazole rings is 1. The molecular formula is C10H5F3N2O3S. The van der Waals surface area contributed by atoms with Gasteiger partial charge in [-0.25, -0.2) is 9.78 Å². The topological polar surface area (TPSA) is 83.0 Å². The van der Waals surface area contributed by atoms with Crippen molar-refractivity contribution in [2.75, 3.05) is 0 Å². The summed E-state index contributed by atoms with van der Waals surface area (Å²) >= 11 is 0.362. The van der Waals surface area contributed by atoms with Crippen molar-refractivity contribution < 1.29 is 23.1 Å². The van der Waals surface area contributed by atoms with Crippen molar-refractivity contribution in [2.24, 2.45) is 0 Å². The number of hydrogen-bond acceptors (Lipinski definition) is 4. The van der Waals surface area contributed by atoms with E-state index in [-0.39, 0.29) is 10.6 Å². The number of aromatic amines is 1. The van der Waals surface area contributed by atoms with Crippen LogP contribution in [0.5, 0.6) is 0 Å². The van der Waals surface area contributed by atoms with Crippen LogP contribution in [0.4, 0.5) is 13.2 Å². The van der Waals surface area contributed by atoms with E-state index < -0.39 is 28.3 Å². The molecule has 0 aromatic carbocycles. The summed E-state index contributed by atoms with van der Waals surface area (Å²) in [6, 6.07) is 2.25. The van der Waals surface area contributed by atoms with E-state index in [1.807, 2.05) is 0 Å². The van der Waals surface area contributed by atoms with E-state index in [0.717, 1.165) is 12.3 Å². The largest absolute Gasteiger partial charge is 0.477 e. The van der Waals surface area contributed by atoms with Gasteiger partial charge in [0.15, 0.2) is 5.01 Å². The monoisotopic (exact) mass is 290 g/mol. The van der Waals surface area contributed by atoms with Crippen molar-refractivity contribution in [3.63, 3.8) is 0 Å². The molecule has 19 heavy (non-hydrogen) atoms. The maximum absolute atomic E-state index is 12.4. The molecule has 0 saturated carbocycles. The van der Waals surface area contributed by atoms with Crippen molar-refractivity contribution >= 4 is 17.3 Å². The molecule has 5 nitrogen and oxygen atoms in total. The third-order valence-corrected chi connectivity index (χ3v) is 3.23. The Balaban J connectivity index is 2.43. The smallest absolute Gasteiger partial charge is 0.443 e. The van der Waals surface area contributed by atoms with E-state index in [9.17, 15) is 22.8 Å². The van der Waals surface area contributed by atoms with Gasteiger partial charge in [0, 0.05) is 6.20 Å². The highest BCUT2D eigenvalue weighted by atomic mass is 32.1. The van der Waals surface area contributed by atoms with Crippen molar-refractivity contribution in [2.45, 2.75) is 6.18 Å². The van der Waals surface area contributed by atoms with Crippen LogP contribution in [0.15, 0.2) is 23.1 Å². The Morgan fingerprint density at radius 2 is 2.05 bits per heavy atom. The molecule has 0 aliphatic carbocycles. The average Bonchev–Trinajstić information content (AvgIpc) is 2.76. The number of nitrogens with zero attached hydrogens (tertiary/aromatic N) is 1. The molecule has 0 spiro atoms. The summed E-state index contributed by atoms with van der Waals surface area (Å²) in [5.74, 6) is -1.41. The van der Waals surface area contributed by atoms with E-state index in [1.165, 1.54) is 6.07 Å². The first kappa shape index (κ1) is 13.3. The maximum atomic E-state index is 12.4. The van der Waals surface area contributed by atoms with Crippen LogP contribution in [0.1, 0.15) is 15.4 Å². The Kier molecular flexibility index (Phi) is 3.14. The lowest BCUT2D eigenvalue weighted by molar-refractivity contribution is -0.137. The molecule has 100 valence electrons. The molecule has 0 aliphatic heterocycles. The molecule has 0 unspecified atom stereocenters. The van der Waals surface area contributed by atoms with Gasteiger partial charge >= 0.3 is 12.1 Å². The van der Waals surface area contributed by atoms with Gasteiger partial charge in [-0.1, -0.05) is 0 Å². The normalized spacial score (nSPS) is 11.5. The van der Waals surface area contributed by atoms with Crippen LogP contribution < -0.4 is 5.56 Å². The fourth-order valence-corrected chi connectivity index (χ4v) is 2.08. The summed E-state index contributed by atoms with van der Waals surface area (Å²) < 4.78 is 37.1. The summed E-state index contributed by atoms with van der Waals surface area (Å²) in [4.78, 5) is 27.5. The van der Waals surface area contributed by atoms with Gasteiger partial charge in [0.05, 0.1) is 10.6 Å². The number of aromatic nitrogens is 2. The number of halogens is 3. The number of carboxylic acids is 1. The van der Waals surface area contributed by atoms with E-state index >= 15 is 0 Å². The number of carboxylic acid groups (broad SMARTS) is 1. The first-order chi connectivity index (χ1) is 8.79. The SMILES string of the molecule is O=C(O)c1ccc(-c2cnc(C(F)(F)F)s2)[nH]c1=O. The molecule has 0 aliphatic rings. The lowest BCUT2D eigenvalue weighted by Crippen LogP contribution is -2.17. The molecule has 0 fully saturated rings. The summed E-state index contributed by atoms with van der Waals surface area (Å²) in [5, 5.41) is 7.62. The second-order valence-corrected chi connectivity index (χ2v) is 4.48. The van der Waals surface area contributed by atoms with Crippen molar-refractivity contribution in [1.82, 2.24) is 9.97 Å². The fourth-order valence-electron chi connectivity index (χ4n) is 1.32. The average molecular weight is 290 g/mol. The number of H-pyrrole nitrogens is 1. The maximum Gasteiger partial charge on any atom is 0.443 e. The number of pyridine rings is 1. The van der Waals surface area contributed by atoms with Gasteiger partial charge in [0.2, 0.25) is 0 Å². The number of alkyl halides is 3. The Labute approximate surface area is 107 Å². The quantitative estimate of drug-likeness (QED) is 0.888. The second-order valence-electron chi connectivity index (χ2n) is 3.45. The van der Waals surface area contributed by atoms with E-state index in [4.69, 9.17) is 5.11 Å². The fraction of sp³-hybridized carbons (Fsp3) is 0.100. The van der Waals surface area contributed by atoms with E-state index in [2.05, 4.69) is 9.97 Å². The van der Waals surface area contributed by atoms with Crippen LogP contribution in [0, 0.1) is 0 Å².